The number of likely N-dealkylation sites (tertiary alicyclic amines) is 1. The van der Waals surface area contributed by atoms with Crippen LogP contribution >= 0.6 is 11.6 Å². The summed E-state index contributed by atoms with van der Waals surface area (Å²) in [5.74, 6) is 1.17. The van der Waals surface area contributed by atoms with E-state index in [-0.39, 0.29) is 30.4 Å². The lowest BCUT2D eigenvalue weighted by Gasteiger charge is -2.25. The molecular formula is C21H25ClN4O4. The minimum atomic E-state index is -0.442. The maximum absolute atomic E-state index is 12.6. The average Bonchev–Trinajstić information content (AvgIpc) is 3.36. The molecule has 1 saturated carbocycles. The third kappa shape index (κ3) is 4.06. The first-order valence-electron chi connectivity index (χ1n) is 10.0. The van der Waals surface area contributed by atoms with E-state index in [9.17, 15) is 9.59 Å². The first-order chi connectivity index (χ1) is 14.4. The lowest BCUT2D eigenvalue weighted by Crippen LogP contribution is -2.40. The zero-order valence-corrected chi connectivity index (χ0v) is 17.8. The molecule has 0 spiro atoms. The number of aryl methyl sites for hydroxylation is 1. The van der Waals surface area contributed by atoms with Gasteiger partial charge in [0.2, 0.25) is 17.7 Å². The second-order valence-corrected chi connectivity index (χ2v) is 8.65. The van der Waals surface area contributed by atoms with Gasteiger partial charge in [0.1, 0.15) is 6.61 Å². The van der Waals surface area contributed by atoms with Crippen LogP contribution < -0.4 is 5.32 Å². The van der Waals surface area contributed by atoms with Crippen molar-refractivity contribution in [1.29, 1.82) is 0 Å². The molecule has 2 fully saturated rings. The molecule has 1 aliphatic carbocycles. The van der Waals surface area contributed by atoms with E-state index in [0.717, 1.165) is 12.0 Å². The number of methoxy groups -OCH3 is 1. The highest BCUT2D eigenvalue weighted by Crippen LogP contribution is 2.50. The van der Waals surface area contributed by atoms with Crippen molar-refractivity contribution in [2.75, 3.05) is 26.8 Å². The molecule has 3 atom stereocenters. The number of fused-ring (bicyclic) bond motifs is 1. The number of nitrogens with zero attached hydrogens (tertiary/aromatic N) is 3. The Kier molecular flexibility index (Phi) is 5.79. The molecule has 0 radical (unpaired) electrons. The van der Waals surface area contributed by atoms with Crippen LogP contribution in [0, 0.1) is 12.8 Å². The summed E-state index contributed by atoms with van der Waals surface area (Å²) in [6.45, 7) is 2.91. The molecule has 0 bridgehead atoms. The van der Waals surface area contributed by atoms with Crippen molar-refractivity contribution in [2.24, 2.45) is 5.92 Å². The second kappa shape index (κ2) is 8.35. The quantitative estimate of drug-likeness (QED) is 0.748. The zero-order valence-electron chi connectivity index (χ0n) is 17.1. The Hall–Kier alpha value is -2.45. The van der Waals surface area contributed by atoms with E-state index in [2.05, 4.69) is 15.5 Å². The molecule has 2 heterocycles. The number of carbonyl (C=O) groups is 2. The minimum Gasteiger partial charge on any atom is -0.375 e. The van der Waals surface area contributed by atoms with Gasteiger partial charge in [-0.05, 0) is 43.4 Å². The molecule has 8 nitrogen and oxygen atoms in total. The average molecular weight is 433 g/mol. The van der Waals surface area contributed by atoms with Crippen LogP contribution in [0.3, 0.4) is 0 Å². The molecule has 0 unspecified atom stereocenters. The molecule has 1 aromatic heterocycles. The van der Waals surface area contributed by atoms with Crippen molar-refractivity contribution in [2.45, 2.75) is 37.6 Å². The number of halogens is 1. The summed E-state index contributed by atoms with van der Waals surface area (Å²) in [6.07, 6.45) is 1.70. The summed E-state index contributed by atoms with van der Waals surface area (Å²) in [5, 5.41) is 7.76. The summed E-state index contributed by atoms with van der Waals surface area (Å²) in [5.41, 5.74) is 0.469. The maximum atomic E-state index is 12.6. The fourth-order valence-electron chi connectivity index (χ4n) is 4.78. The smallest absolute Gasteiger partial charge is 0.248 e. The van der Waals surface area contributed by atoms with Crippen LogP contribution in [-0.4, -0.2) is 59.7 Å². The Morgan fingerprint density at radius 2 is 2.13 bits per heavy atom. The van der Waals surface area contributed by atoms with Crippen LogP contribution in [0.1, 0.15) is 30.1 Å². The first-order valence-corrected chi connectivity index (χ1v) is 10.4. The van der Waals surface area contributed by atoms with Gasteiger partial charge in [-0.3, -0.25) is 9.59 Å². The highest BCUT2D eigenvalue weighted by atomic mass is 35.5. The van der Waals surface area contributed by atoms with Crippen LogP contribution in [0.15, 0.2) is 28.8 Å². The van der Waals surface area contributed by atoms with E-state index in [1.807, 2.05) is 12.1 Å². The molecule has 9 heteroatoms. The molecule has 1 aliphatic heterocycles. The van der Waals surface area contributed by atoms with Crippen molar-refractivity contribution in [1.82, 2.24) is 20.4 Å². The van der Waals surface area contributed by atoms with Crippen molar-refractivity contribution in [3.05, 3.63) is 46.6 Å². The van der Waals surface area contributed by atoms with Crippen molar-refractivity contribution >= 4 is 23.4 Å². The lowest BCUT2D eigenvalue weighted by molar-refractivity contribution is -0.134. The number of hydrogen-bond donors (Lipinski definition) is 1. The summed E-state index contributed by atoms with van der Waals surface area (Å²) in [6, 6.07) is 7.26. The normalized spacial score (nSPS) is 25.4. The summed E-state index contributed by atoms with van der Waals surface area (Å²) < 4.78 is 10.6. The van der Waals surface area contributed by atoms with Gasteiger partial charge < -0.3 is 19.5 Å². The van der Waals surface area contributed by atoms with Crippen LogP contribution in [0.4, 0.5) is 0 Å². The highest BCUT2D eigenvalue weighted by Gasteiger charge is 2.58. The van der Waals surface area contributed by atoms with Gasteiger partial charge in [-0.15, -0.1) is 0 Å². The fraction of sp³-hybridized carbons (Fsp3) is 0.524. The molecular weight excluding hydrogens is 408 g/mol. The monoisotopic (exact) mass is 432 g/mol. The van der Waals surface area contributed by atoms with Crippen LogP contribution in [0.25, 0.3) is 0 Å². The van der Waals surface area contributed by atoms with E-state index < -0.39 is 5.41 Å². The predicted molar refractivity (Wildman–Crippen MR) is 109 cm³/mol. The van der Waals surface area contributed by atoms with Gasteiger partial charge in [-0.2, -0.15) is 4.98 Å². The van der Waals surface area contributed by atoms with E-state index in [4.69, 9.17) is 20.9 Å². The number of aromatic nitrogens is 2. The van der Waals surface area contributed by atoms with Crippen LogP contribution in [0.5, 0.6) is 0 Å². The second-order valence-electron chi connectivity index (χ2n) is 8.21. The molecule has 2 aromatic rings. The molecule has 30 heavy (non-hydrogen) atoms. The molecule has 2 aliphatic rings. The Morgan fingerprint density at radius 3 is 2.80 bits per heavy atom. The third-order valence-electron chi connectivity index (χ3n) is 6.09. The van der Waals surface area contributed by atoms with Gasteiger partial charge in [0.15, 0.2) is 5.82 Å². The van der Waals surface area contributed by atoms with E-state index in [0.29, 0.717) is 42.7 Å². The largest absolute Gasteiger partial charge is 0.375 e. The molecule has 2 amide bonds. The number of hydrogen-bond acceptors (Lipinski definition) is 6. The Labute approximate surface area is 179 Å². The van der Waals surface area contributed by atoms with E-state index >= 15 is 0 Å². The SMILES string of the molecule is COCC(=O)N1C[C@@H]2C[C@@H](NC(=O)Cc3ccc(Cl)cc3)C[C@]2(c2nc(C)no2)C1. The fourth-order valence-corrected chi connectivity index (χ4v) is 4.91. The standard InChI is InChI=1S/C21H25ClN4O4/c1-13-23-20(30-25-13)21-9-17(8-15(21)10-26(12-21)19(28)11-29-2)24-18(27)7-14-3-5-16(22)6-4-14/h3-6,15,17H,7-12H2,1-2H3,(H,24,27)/t15-,17+,21-/m0/s1. The molecule has 1 saturated heterocycles. The van der Waals surface area contributed by atoms with E-state index in [1.165, 1.54) is 7.11 Å². The Balaban J connectivity index is 1.47. The van der Waals surface area contributed by atoms with Crippen LogP contribution in [-0.2, 0) is 26.2 Å². The van der Waals surface area contributed by atoms with Gasteiger partial charge in [-0.25, -0.2) is 0 Å². The number of benzene rings is 1. The van der Waals surface area contributed by atoms with E-state index in [1.54, 1.807) is 24.0 Å². The summed E-state index contributed by atoms with van der Waals surface area (Å²) >= 11 is 5.91. The first kappa shape index (κ1) is 20.8. The van der Waals surface area contributed by atoms with Crippen molar-refractivity contribution in [3.63, 3.8) is 0 Å². The molecule has 160 valence electrons. The third-order valence-corrected chi connectivity index (χ3v) is 6.34. The number of rotatable bonds is 6. The Bertz CT molecular complexity index is 931. The zero-order chi connectivity index (χ0) is 21.3. The highest BCUT2D eigenvalue weighted by molar-refractivity contribution is 6.30. The van der Waals surface area contributed by atoms with Crippen molar-refractivity contribution < 1.29 is 18.8 Å². The molecule has 1 aromatic carbocycles. The lowest BCUT2D eigenvalue weighted by atomic mass is 9.80. The van der Waals surface area contributed by atoms with Gasteiger partial charge >= 0.3 is 0 Å². The number of nitrogens with one attached hydrogen (secondary N) is 1. The van der Waals surface area contributed by atoms with Gasteiger partial charge in [-0.1, -0.05) is 28.9 Å². The van der Waals surface area contributed by atoms with Crippen LogP contribution in [0.2, 0.25) is 5.02 Å². The van der Waals surface area contributed by atoms with Gasteiger partial charge in [0, 0.05) is 31.3 Å². The van der Waals surface area contributed by atoms with Gasteiger partial charge in [0.25, 0.3) is 0 Å². The summed E-state index contributed by atoms with van der Waals surface area (Å²) in [7, 11) is 1.51. The number of amides is 2. The molecule has 1 N–H and O–H groups in total. The van der Waals surface area contributed by atoms with Crippen molar-refractivity contribution in [3.8, 4) is 0 Å². The molecule has 4 rings (SSSR count). The summed E-state index contributed by atoms with van der Waals surface area (Å²) in [4.78, 5) is 31.3. The van der Waals surface area contributed by atoms with Gasteiger partial charge in [0.05, 0.1) is 11.8 Å². The topological polar surface area (TPSA) is 97.6 Å². The number of ether oxygens (including phenoxy) is 1. The minimum absolute atomic E-state index is 0.0123. The number of carbonyl (C=O) groups excluding carboxylic acids is 2. The predicted octanol–water partition coefficient (Wildman–Crippen LogP) is 1.90. The Morgan fingerprint density at radius 1 is 1.37 bits per heavy atom. The maximum Gasteiger partial charge on any atom is 0.248 e.